The standard InChI is InChI=1S/C19H19BrN4O2/c1-23-12-15(11-21-23)13-6-8-24(9-7-13)19(25)18-10-17(22-26-18)14-2-4-16(20)5-3-14/h2-5,10-13H,6-9H2,1H3. The molecule has 3 heterocycles. The molecule has 1 aliphatic heterocycles. The Bertz CT molecular complexity index is 908. The van der Waals surface area contributed by atoms with Gasteiger partial charge < -0.3 is 9.42 Å². The Morgan fingerprint density at radius 1 is 1.23 bits per heavy atom. The fraction of sp³-hybridized carbons (Fsp3) is 0.316. The van der Waals surface area contributed by atoms with E-state index in [1.165, 1.54) is 5.56 Å². The Hall–Kier alpha value is -2.41. The Kier molecular flexibility index (Phi) is 4.63. The summed E-state index contributed by atoms with van der Waals surface area (Å²) in [5.74, 6) is 0.661. The number of hydrogen-bond acceptors (Lipinski definition) is 4. The van der Waals surface area contributed by atoms with Crippen LogP contribution >= 0.6 is 15.9 Å². The van der Waals surface area contributed by atoms with Crippen molar-refractivity contribution in [1.29, 1.82) is 0 Å². The van der Waals surface area contributed by atoms with Gasteiger partial charge in [0.2, 0.25) is 5.76 Å². The lowest BCUT2D eigenvalue weighted by molar-refractivity contribution is 0.0671. The molecule has 6 nitrogen and oxygen atoms in total. The average Bonchev–Trinajstić information content (AvgIpc) is 3.31. The van der Waals surface area contributed by atoms with Crippen molar-refractivity contribution in [3.8, 4) is 11.3 Å². The smallest absolute Gasteiger partial charge is 0.292 e. The third-order valence-electron chi connectivity index (χ3n) is 4.84. The molecular formula is C19H19BrN4O2. The summed E-state index contributed by atoms with van der Waals surface area (Å²) < 4.78 is 8.14. The van der Waals surface area contributed by atoms with Gasteiger partial charge in [-0.15, -0.1) is 0 Å². The summed E-state index contributed by atoms with van der Waals surface area (Å²) in [7, 11) is 1.93. The molecule has 0 saturated carbocycles. The molecule has 0 atom stereocenters. The van der Waals surface area contributed by atoms with Crippen LogP contribution in [0.25, 0.3) is 11.3 Å². The van der Waals surface area contributed by atoms with E-state index in [9.17, 15) is 4.79 Å². The Balaban J connectivity index is 1.42. The second-order valence-corrected chi connectivity index (χ2v) is 7.51. The maximum Gasteiger partial charge on any atom is 0.292 e. The first-order valence-corrected chi connectivity index (χ1v) is 9.40. The van der Waals surface area contributed by atoms with Gasteiger partial charge >= 0.3 is 0 Å². The lowest BCUT2D eigenvalue weighted by Gasteiger charge is -2.30. The third-order valence-corrected chi connectivity index (χ3v) is 5.37. The van der Waals surface area contributed by atoms with E-state index in [1.54, 1.807) is 6.07 Å². The van der Waals surface area contributed by atoms with Gasteiger partial charge in [0, 0.05) is 42.4 Å². The Morgan fingerprint density at radius 3 is 2.62 bits per heavy atom. The van der Waals surface area contributed by atoms with Gasteiger partial charge in [-0.3, -0.25) is 9.48 Å². The number of amides is 1. The van der Waals surface area contributed by atoms with Gasteiger partial charge in [-0.25, -0.2) is 0 Å². The minimum Gasteiger partial charge on any atom is -0.350 e. The highest BCUT2D eigenvalue weighted by atomic mass is 79.9. The summed E-state index contributed by atoms with van der Waals surface area (Å²) in [6.07, 6.45) is 5.85. The number of aromatic nitrogens is 3. The molecule has 0 N–H and O–H groups in total. The van der Waals surface area contributed by atoms with Gasteiger partial charge in [-0.2, -0.15) is 5.10 Å². The number of carbonyl (C=O) groups excluding carboxylic acids is 1. The quantitative estimate of drug-likeness (QED) is 0.652. The number of carbonyl (C=O) groups is 1. The van der Waals surface area contributed by atoms with Gasteiger partial charge in [-0.05, 0) is 36.5 Å². The van der Waals surface area contributed by atoms with E-state index in [0.29, 0.717) is 30.5 Å². The van der Waals surface area contributed by atoms with Gasteiger partial charge in [0.15, 0.2) is 0 Å². The fourth-order valence-electron chi connectivity index (χ4n) is 3.36. The largest absolute Gasteiger partial charge is 0.350 e. The zero-order valence-corrected chi connectivity index (χ0v) is 16.0. The maximum absolute atomic E-state index is 12.7. The van der Waals surface area contributed by atoms with E-state index in [-0.39, 0.29) is 5.91 Å². The highest BCUT2D eigenvalue weighted by molar-refractivity contribution is 9.10. The van der Waals surface area contributed by atoms with E-state index in [2.05, 4.69) is 32.4 Å². The zero-order valence-electron chi connectivity index (χ0n) is 14.4. The van der Waals surface area contributed by atoms with Crippen LogP contribution in [0.1, 0.15) is 34.9 Å². The van der Waals surface area contributed by atoms with Crippen LogP contribution in [-0.4, -0.2) is 38.8 Å². The van der Waals surface area contributed by atoms with Crippen LogP contribution in [0.3, 0.4) is 0 Å². The van der Waals surface area contributed by atoms with Gasteiger partial charge in [0.1, 0.15) is 5.69 Å². The number of hydrogen-bond donors (Lipinski definition) is 0. The second kappa shape index (κ2) is 7.07. The number of piperidine rings is 1. The molecule has 0 radical (unpaired) electrons. The number of halogens is 1. The van der Waals surface area contributed by atoms with Crippen LogP contribution in [-0.2, 0) is 7.05 Å². The first kappa shape index (κ1) is 17.0. The molecule has 0 spiro atoms. The van der Waals surface area contributed by atoms with E-state index in [0.717, 1.165) is 22.9 Å². The molecule has 0 unspecified atom stereocenters. The van der Waals surface area contributed by atoms with Crippen LogP contribution in [0.5, 0.6) is 0 Å². The van der Waals surface area contributed by atoms with Crippen LogP contribution in [0.15, 0.2) is 51.7 Å². The number of benzene rings is 1. The molecule has 1 amide bonds. The summed E-state index contributed by atoms with van der Waals surface area (Å²) in [5, 5.41) is 8.29. The van der Waals surface area contributed by atoms with Crippen LogP contribution in [0.2, 0.25) is 0 Å². The lowest BCUT2D eigenvalue weighted by Crippen LogP contribution is -2.37. The Morgan fingerprint density at radius 2 is 1.96 bits per heavy atom. The third kappa shape index (κ3) is 3.44. The van der Waals surface area contributed by atoms with Crippen LogP contribution < -0.4 is 0 Å². The number of likely N-dealkylation sites (tertiary alicyclic amines) is 1. The van der Waals surface area contributed by atoms with Gasteiger partial charge in [-0.1, -0.05) is 33.2 Å². The maximum atomic E-state index is 12.7. The molecule has 1 aliphatic rings. The molecule has 134 valence electrons. The molecule has 1 saturated heterocycles. The highest BCUT2D eigenvalue weighted by Crippen LogP contribution is 2.29. The lowest BCUT2D eigenvalue weighted by atomic mass is 9.91. The fourth-order valence-corrected chi connectivity index (χ4v) is 3.62. The van der Waals surface area contributed by atoms with Crippen molar-refractivity contribution in [3.05, 3.63) is 58.5 Å². The summed E-state index contributed by atoms with van der Waals surface area (Å²) in [6, 6.07) is 9.48. The molecule has 1 aromatic carbocycles. The molecular weight excluding hydrogens is 396 g/mol. The van der Waals surface area contributed by atoms with Crippen molar-refractivity contribution >= 4 is 21.8 Å². The molecule has 1 fully saturated rings. The van der Waals surface area contributed by atoms with Crippen LogP contribution in [0.4, 0.5) is 0 Å². The second-order valence-electron chi connectivity index (χ2n) is 6.60. The summed E-state index contributed by atoms with van der Waals surface area (Å²) in [4.78, 5) is 14.6. The van der Waals surface area contributed by atoms with E-state index in [4.69, 9.17) is 4.52 Å². The molecule has 0 bridgehead atoms. The normalized spacial score (nSPS) is 15.4. The zero-order chi connectivity index (χ0) is 18.1. The SMILES string of the molecule is Cn1cc(C2CCN(C(=O)c3cc(-c4ccc(Br)cc4)no3)CC2)cn1. The van der Waals surface area contributed by atoms with E-state index in [1.807, 2.05) is 47.1 Å². The Labute approximate surface area is 159 Å². The van der Waals surface area contributed by atoms with E-state index < -0.39 is 0 Å². The number of rotatable bonds is 3. The first-order valence-electron chi connectivity index (χ1n) is 8.60. The monoisotopic (exact) mass is 414 g/mol. The van der Waals surface area contributed by atoms with Crippen molar-refractivity contribution in [1.82, 2.24) is 19.8 Å². The van der Waals surface area contributed by atoms with Crippen molar-refractivity contribution < 1.29 is 9.32 Å². The predicted molar refractivity (Wildman–Crippen MR) is 101 cm³/mol. The van der Waals surface area contributed by atoms with Crippen molar-refractivity contribution in [2.45, 2.75) is 18.8 Å². The molecule has 26 heavy (non-hydrogen) atoms. The summed E-state index contributed by atoms with van der Waals surface area (Å²) in [5.41, 5.74) is 2.84. The van der Waals surface area contributed by atoms with Crippen molar-refractivity contribution in [2.24, 2.45) is 7.05 Å². The first-order chi connectivity index (χ1) is 12.6. The van der Waals surface area contributed by atoms with Crippen LogP contribution in [0, 0.1) is 0 Å². The number of aryl methyl sites for hydroxylation is 1. The average molecular weight is 415 g/mol. The van der Waals surface area contributed by atoms with Crippen molar-refractivity contribution in [2.75, 3.05) is 13.1 Å². The molecule has 0 aliphatic carbocycles. The minimum atomic E-state index is -0.0921. The summed E-state index contributed by atoms with van der Waals surface area (Å²) >= 11 is 3.41. The topological polar surface area (TPSA) is 64.2 Å². The minimum absolute atomic E-state index is 0.0921. The molecule has 2 aromatic heterocycles. The predicted octanol–water partition coefficient (Wildman–Crippen LogP) is 3.86. The molecule has 4 rings (SSSR count). The van der Waals surface area contributed by atoms with E-state index >= 15 is 0 Å². The van der Waals surface area contributed by atoms with Gasteiger partial charge in [0.25, 0.3) is 5.91 Å². The van der Waals surface area contributed by atoms with Gasteiger partial charge in [0.05, 0.1) is 6.20 Å². The van der Waals surface area contributed by atoms with Crippen molar-refractivity contribution in [3.63, 3.8) is 0 Å². The number of nitrogens with zero attached hydrogens (tertiary/aromatic N) is 4. The summed E-state index contributed by atoms with van der Waals surface area (Å²) in [6.45, 7) is 1.43. The molecule has 3 aromatic rings. The molecule has 7 heteroatoms. The highest BCUT2D eigenvalue weighted by Gasteiger charge is 2.27.